The second kappa shape index (κ2) is 4.14. The normalized spacial score (nSPS) is 12.3. The number of carbonyl (C=O) groups is 1. The van der Waals surface area contributed by atoms with Gasteiger partial charge in [-0.1, -0.05) is 35.0 Å². The molecule has 0 aliphatic rings. The number of hydrogen-bond donors (Lipinski definition) is 1. The summed E-state index contributed by atoms with van der Waals surface area (Å²) < 4.78 is 4.57. The molecule has 0 aliphatic heterocycles. The molecule has 0 bridgehead atoms. The Labute approximate surface area is 91.7 Å². The maximum atomic E-state index is 11.2. The molecule has 82 valence electrons. The van der Waals surface area contributed by atoms with Crippen LogP contribution in [0.4, 0.5) is 0 Å². The average Bonchev–Trinajstić information content (AvgIpc) is 2.71. The summed E-state index contributed by atoms with van der Waals surface area (Å²) in [5.41, 5.74) is 1.64. The van der Waals surface area contributed by atoms with Gasteiger partial charge in [-0.3, -0.25) is 4.79 Å². The number of carboxylic acid groups (broad SMARTS) is 1. The fourth-order valence-corrected chi connectivity index (χ4v) is 1.56. The zero-order chi connectivity index (χ0) is 11.5. The average molecular weight is 218 g/mol. The van der Waals surface area contributed by atoms with Gasteiger partial charge in [0.2, 0.25) is 6.39 Å². The number of aliphatic carboxylic acids is 1. The minimum absolute atomic E-state index is 0.165. The molecule has 0 radical (unpaired) electrons. The monoisotopic (exact) mass is 218 g/mol. The molecule has 1 heterocycles. The Hall–Kier alpha value is -2.17. The van der Waals surface area contributed by atoms with Gasteiger partial charge in [0, 0.05) is 0 Å². The van der Waals surface area contributed by atoms with Crippen LogP contribution < -0.4 is 0 Å². The van der Waals surface area contributed by atoms with E-state index in [-0.39, 0.29) is 5.82 Å². The molecule has 1 unspecified atom stereocenters. The summed E-state index contributed by atoms with van der Waals surface area (Å²) in [6, 6.07) is 7.25. The van der Waals surface area contributed by atoms with E-state index in [9.17, 15) is 4.79 Å². The summed E-state index contributed by atoms with van der Waals surface area (Å²) in [6.07, 6.45) is 1.13. The van der Waals surface area contributed by atoms with E-state index < -0.39 is 11.9 Å². The number of rotatable bonds is 3. The van der Waals surface area contributed by atoms with Gasteiger partial charge in [-0.25, -0.2) is 0 Å². The van der Waals surface area contributed by atoms with Crippen LogP contribution >= 0.6 is 0 Å². The van der Waals surface area contributed by atoms with Crippen LogP contribution in [-0.2, 0) is 4.79 Å². The van der Waals surface area contributed by atoms with E-state index in [0.29, 0.717) is 5.56 Å². The third kappa shape index (κ3) is 1.93. The van der Waals surface area contributed by atoms with Crippen LogP contribution in [0.1, 0.15) is 22.9 Å². The molecular weight excluding hydrogens is 208 g/mol. The van der Waals surface area contributed by atoms with Gasteiger partial charge in [0.15, 0.2) is 5.82 Å². The van der Waals surface area contributed by atoms with Crippen molar-refractivity contribution in [2.24, 2.45) is 0 Å². The summed E-state index contributed by atoms with van der Waals surface area (Å²) in [4.78, 5) is 15.0. The number of aryl methyl sites for hydroxylation is 1. The van der Waals surface area contributed by atoms with Gasteiger partial charge in [-0.15, -0.1) is 0 Å². The molecule has 1 N–H and O–H groups in total. The molecule has 0 aliphatic carbocycles. The molecule has 0 saturated heterocycles. The van der Waals surface area contributed by atoms with Gasteiger partial charge in [0.25, 0.3) is 0 Å². The number of carboxylic acids is 1. The van der Waals surface area contributed by atoms with E-state index in [0.717, 1.165) is 12.0 Å². The lowest BCUT2D eigenvalue weighted by molar-refractivity contribution is -0.137. The molecule has 5 nitrogen and oxygen atoms in total. The maximum absolute atomic E-state index is 11.2. The number of benzene rings is 1. The van der Waals surface area contributed by atoms with Crippen LogP contribution in [0.5, 0.6) is 0 Å². The SMILES string of the molecule is Cc1cccc(C(C(=O)O)c2ncon2)c1. The molecule has 1 atom stereocenters. The van der Waals surface area contributed by atoms with E-state index in [2.05, 4.69) is 14.7 Å². The molecule has 5 heteroatoms. The van der Waals surface area contributed by atoms with E-state index in [1.54, 1.807) is 18.2 Å². The highest BCUT2D eigenvalue weighted by molar-refractivity contribution is 5.79. The highest BCUT2D eigenvalue weighted by Gasteiger charge is 2.26. The minimum atomic E-state index is -0.994. The molecule has 2 aromatic rings. The Balaban J connectivity index is 2.45. The summed E-state index contributed by atoms with van der Waals surface area (Å²) >= 11 is 0. The Morgan fingerprint density at radius 2 is 2.31 bits per heavy atom. The smallest absolute Gasteiger partial charge is 0.318 e. The summed E-state index contributed by atoms with van der Waals surface area (Å²) in [5, 5.41) is 12.7. The van der Waals surface area contributed by atoms with Gasteiger partial charge in [0.1, 0.15) is 5.92 Å². The molecular formula is C11H10N2O3. The predicted octanol–water partition coefficient (Wildman–Crippen LogP) is 1.59. The molecule has 0 fully saturated rings. The molecule has 2 rings (SSSR count). The summed E-state index contributed by atoms with van der Waals surface area (Å²) in [6.45, 7) is 1.90. The first kappa shape index (κ1) is 10.4. The van der Waals surface area contributed by atoms with Crippen molar-refractivity contribution in [3.8, 4) is 0 Å². The zero-order valence-electron chi connectivity index (χ0n) is 8.62. The predicted molar refractivity (Wildman–Crippen MR) is 55.0 cm³/mol. The second-order valence-electron chi connectivity index (χ2n) is 3.47. The largest absolute Gasteiger partial charge is 0.480 e. The molecule has 0 amide bonds. The second-order valence-corrected chi connectivity index (χ2v) is 3.47. The molecule has 0 spiro atoms. The van der Waals surface area contributed by atoms with Crippen LogP contribution in [0.3, 0.4) is 0 Å². The van der Waals surface area contributed by atoms with E-state index >= 15 is 0 Å². The van der Waals surface area contributed by atoms with Crippen molar-refractivity contribution >= 4 is 5.97 Å². The van der Waals surface area contributed by atoms with Crippen molar-refractivity contribution in [2.75, 3.05) is 0 Å². The topological polar surface area (TPSA) is 76.2 Å². The van der Waals surface area contributed by atoms with Crippen LogP contribution in [-0.4, -0.2) is 21.2 Å². The van der Waals surface area contributed by atoms with Gasteiger partial charge in [-0.2, -0.15) is 4.98 Å². The molecule has 1 aromatic heterocycles. The standard InChI is InChI=1S/C11H10N2O3/c1-7-3-2-4-8(5-7)9(11(14)15)10-12-6-16-13-10/h2-6,9H,1H3,(H,14,15). The van der Waals surface area contributed by atoms with E-state index in [1.165, 1.54) is 0 Å². The third-order valence-electron chi connectivity index (χ3n) is 2.26. The highest BCUT2D eigenvalue weighted by atomic mass is 16.5. The summed E-state index contributed by atoms with van der Waals surface area (Å²) in [7, 11) is 0. The Kier molecular flexibility index (Phi) is 2.68. The minimum Gasteiger partial charge on any atom is -0.480 e. The fourth-order valence-electron chi connectivity index (χ4n) is 1.56. The van der Waals surface area contributed by atoms with E-state index in [4.69, 9.17) is 5.11 Å². The summed E-state index contributed by atoms with van der Waals surface area (Å²) in [5.74, 6) is -1.70. The molecule has 16 heavy (non-hydrogen) atoms. The van der Waals surface area contributed by atoms with Crippen molar-refractivity contribution < 1.29 is 14.4 Å². The lowest BCUT2D eigenvalue weighted by Gasteiger charge is -2.08. The molecule has 1 aromatic carbocycles. The van der Waals surface area contributed by atoms with Crippen LogP contribution in [0.15, 0.2) is 35.2 Å². The maximum Gasteiger partial charge on any atom is 0.318 e. The van der Waals surface area contributed by atoms with Gasteiger partial charge in [-0.05, 0) is 12.5 Å². The van der Waals surface area contributed by atoms with Crippen LogP contribution in [0, 0.1) is 6.92 Å². The quantitative estimate of drug-likeness (QED) is 0.846. The molecule has 0 saturated carbocycles. The van der Waals surface area contributed by atoms with Gasteiger partial charge in [0.05, 0.1) is 0 Å². The Morgan fingerprint density at radius 1 is 1.50 bits per heavy atom. The highest BCUT2D eigenvalue weighted by Crippen LogP contribution is 2.22. The number of aromatic nitrogens is 2. The lowest BCUT2D eigenvalue weighted by Crippen LogP contribution is -2.14. The van der Waals surface area contributed by atoms with Gasteiger partial charge >= 0.3 is 5.97 Å². The third-order valence-corrected chi connectivity index (χ3v) is 2.26. The zero-order valence-corrected chi connectivity index (χ0v) is 8.62. The van der Waals surface area contributed by atoms with Crippen LogP contribution in [0.2, 0.25) is 0 Å². The van der Waals surface area contributed by atoms with Crippen molar-refractivity contribution in [3.63, 3.8) is 0 Å². The number of nitrogens with zero attached hydrogens (tertiary/aromatic N) is 2. The Bertz CT molecular complexity index is 494. The Morgan fingerprint density at radius 3 is 2.88 bits per heavy atom. The first-order valence-corrected chi connectivity index (χ1v) is 4.74. The van der Waals surface area contributed by atoms with Crippen molar-refractivity contribution in [3.05, 3.63) is 47.6 Å². The lowest BCUT2D eigenvalue weighted by atomic mass is 9.97. The fraction of sp³-hybridized carbons (Fsp3) is 0.182. The van der Waals surface area contributed by atoms with Crippen molar-refractivity contribution in [1.82, 2.24) is 10.1 Å². The first-order chi connectivity index (χ1) is 7.68. The first-order valence-electron chi connectivity index (χ1n) is 4.74. The van der Waals surface area contributed by atoms with E-state index in [1.807, 2.05) is 13.0 Å². The van der Waals surface area contributed by atoms with Crippen molar-refractivity contribution in [2.45, 2.75) is 12.8 Å². The number of hydrogen-bond acceptors (Lipinski definition) is 4. The van der Waals surface area contributed by atoms with Gasteiger partial charge < -0.3 is 9.63 Å². The van der Waals surface area contributed by atoms with Crippen LogP contribution in [0.25, 0.3) is 0 Å². The van der Waals surface area contributed by atoms with Crippen molar-refractivity contribution in [1.29, 1.82) is 0 Å².